The predicted molar refractivity (Wildman–Crippen MR) is 181 cm³/mol. The average molecular weight is 614 g/mol. The zero-order chi connectivity index (χ0) is 32.8. The average Bonchev–Trinajstić information content (AvgIpc) is 2.98. The van der Waals surface area contributed by atoms with Crippen LogP contribution in [0.15, 0.2) is 78.9 Å². The number of carbonyl (C=O) groups is 3. The van der Waals surface area contributed by atoms with Gasteiger partial charge in [-0.1, -0.05) is 123 Å². The Bertz CT molecular complexity index is 1350. The third-order valence-corrected chi connectivity index (χ3v) is 7.49. The molecule has 0 bridgehead atoms. The molecule has 2 N–H and O–H groups in total. The number of nitrogens with one attached hydrogen (secondary N) is 2. The summed E-state index contributed by atoms with van der Waals surface area (Å²) in [6, 6.07) is 23.5. The Hall–Kier alpha value is -4.13. The summed E-state index contributed by atoms with van der Waals surface area (Å²) in [6.07, 6.45) is 4.54. The first kappa shape index (κ1) is 35.4. The second-order valence-corrected chi connectivity index (χ2v) is 12.9. The van der Waals surface area contributed by atoms with Crippen molar-refractivity contribution >= 4 is 17.9 Å². The van der Waals surface area contributed by atoms with Gasteiger partial charge in [0.05, 0.1) is 0 Å². The van der Waals surface area contributed by atoms with E-state index >= 15 is 0 Å². The summed E-state index contributed by atoms with van der Waals surface area (Å²) in [5.41, 5.74) is 3.89. The molecule has 0 heterocycles. The van der Waals surface area contributed by atoms with Crippen molar-refractivity contribution in [2.45, 2.75) is 104 Å². The zero-order valence-corrected chi connectivity index (χ0v) is 27.9. The fraction of sp³-hybridized carbons (Fsp3) is 0.447. The number of unbranched alkanes of at least 4 members (excludes halogenated alkanes) is 4. The fourth-order valence-electron chi connectivity index (χ4n) is 5.47. The van der Waals surface area contributed by atoms with E-state index in [4.69, 9.17) is 4.74 Å². The highest BCUT2D eigenvalue weighted by Gasteiger charge is 2.36. The number of hydrogen-bond acceptors (Lipinski definition) is 4. The number of aryl methyl sites for hydroxylation is 2. The van der Waals surface area contributed by atoms with Crippen molar-refractivity contribution in [3.63, 3.8) is 0 Å². The van der Waals surface area contributed by atoms with E-state index in [1.165, 1.54) is 0 Å². The van der Waals surface area contributed by atoms with Crippen LogP contribution in [0, 0.1) is 13.8 Å². The monoisotopic (exact) mass is 613 g/mol. The lowest BCUT2D eigenvalue weighted by Crippen LogP contribution is -2.54. The van der Waals surface area contributed by atoms with Gasteiger partial charge >= 0.3 is 6.09 Å². The van der Waals surface area contributed by atoms with E-state index in [2.05, 4.69) is 23.6 Å². The molecule has 3 aromatic rings. The summed E-state index contributed by atoms with van der Waals surface area (Å²) in [5.74, 6) is -0.583. The summed E-state index contributed by atoms with van der Waals surface area (Å²) in [4.78, 5) is 43.6. The van der Waals surface area contributed by atoms with Crippen LogP contribution in [-0.2, 0) is 27.3 Å². The van der Waals surface area contributed by atoms with Gasteiger partial charge in [-0.05, 0) is 57.7 Å². The molecule has 3 rings (SSSR count). The summed E-state index contributed by atoms with van der Waals surface area (Å²) in [7, 11) is 0. The van der Waals surface area contributed by atoms with Crippen LogP contribution in [0.5, 0.6) is 0 Å². The van der Waals surface area contributed by atoms with Gasteiger partial charge in [0.2, 0.25) is 11.8 Å². The van der Waals surface area contributed by atoms with Gasteiger partial charge in [-0.25, -0.2) is 4.79 Å². The number of carbonyl (C=O) groups excluding carboxylic acids is 3. The molecule has 45 heavy (non-hydrogen) atoms. The summed E-state index contributed by atoms with van der Waals surface area (Å²) < 4.78 is 5.57. The molecule has 0 fully saturated rings. The van der Waals surface area contributed by atoms with E-state index in [9.17, 15) is 14.4 Å². The Kier molecular flexibility index (Phi) is 13.7. The van der Waals surface area contributed by atoms with Gasteiger partial charge in [0.25, 0.3) is 0 Å². The highest BCUT2D eigenvalue weighted by molar-refractivity contribution is 5.92. The van der Waals surface area contributed by atoms with Gasteiger partial charge < -0.3 is 20.3 Å². The number of nitrogens with zero attached hydrogens (tertiary/aromatic N) is 1. The standard InChI is InChI=1S/C38H51N3O4/c1-7-8-9-10-17-22-41(36(43)33(26-30-18-13-11-14-19-30)40-37(44)45-38(4,5)6)34(32-24-28(2)23-29(3)25-32)35(42)39-27-31-20-15-12-16-21-31/h11-16,18-21,23-25,33-34H,7-10,17,22,26-27H2,1-6H3,(H,39,42)(H,40,44). The van der Waals surface area contributed by atoms with Crippen LogP contribution in [0.2, 0.25) is 0 Å². The molecule has 242 valence electrons. The van der Waals surface area contributed by atoms with E-state index in [1.807, 2.05) is 86.6 Å². The van der Waals surface area contributed by atoms with Gasteiger partial charge in [0, 0.05) is 19.5 Å². The van der Waals surface area contributed by atoms with E-state index in [0.717, 1.165) is 59.9 Å². The van der Waals surface area contributed by atoms with Crippen LogP contribution >= 0.6 is 0 Å². The van der Waals surface area contributed by atoms with Gasteiger partial charge in [-0.2, -0.15) is 0 Å². The lowest BCUT2D eigenvalue weighted by atomic mass is 9.97. The van der Waals surface area contributed by atoms with Crippen molar-refractivity contribution in [3.8, 4) is 0 Å². The van der Waals surface area contributed by atoms with Gasteiger partial charge in [-0.15, -0.1) is 0 Å². The van der Waals surface area contributed by atoms with Crippen molar-refractivity contribution in [1.82, 2.24) is 15.5 Å². The van der Waals surface area contributed by atoms with Gasteiger partial charge in [-0.3, -0.25) is 9.59 Å². The molecule has 0 saturated carbocycles. The number of amides is 3. The number of rotatable bonds is 15. The van der Waals surface area contributed by atoms with Gasteiger partial charge in [0.1, 0.15) is 17.7 Å². The van der Waals surface area contributed by atoms with Crippen molar-refractivity contribution in [1.29, 1.82) is 0 Å². The lowest BCUT2D eigenvalue weighted by Gasteiger charge is -2.35. The maximum atomic E-state index is 14.7. The number of alkyl carbamates (subject to hydrolysis) is 1. The van der Waals surface area contributed by atoms with E-state index in [-0.39, 0.29) is 18.2 Å². The lowest BCUT2D eigenvalue weighted by molar-refractivity contribution is -0.142. The molecule has 0 radical (unpaired) electrons. The normalized spacial score (nSPS) is 12.6. The van der Waals surface area contributed by atoms with Crippen LogP contribution in [-0.4, -0.2) is 41.0 Å². The molecule has 7 heteroatoms. The molecular weight excluding hydrogens is 562 g/mol. The molecule has 0 aliphatic heterocycles. The molecule has 0 aromatic heterocycles. The molecular formula is C38H51N3O4. The Balaban J connectivity index is 2.04. The molecule has 3 aromatic carbocycles. The third-order valence-electron chi connectivity index (χ3n) is 7.49. The number of hydrogen-bond donors (Lipinski definition) is 2. The quantitative estimate of drug-likeness (QED) is 0.173. The molecule has 0 aliphatic rings. The Labute approximate surface area is 269 Å². The van der Waals surface area contributed by atoms with Gasteiger partial charge in [0.15, 0.2) is 0 Å². The molecule has 2 atom stereocenters. The smallest absolute Gasteiger partial charge is 0.408 e. The van der Waals surface area contributed by atoms with Crippen molar-refractivity contribution < 1.29 is 19.1 Å². The second kappa shape index (κ2) is 17.4. The van der Waals surface area contributed by atoms with Crippen molar-refractivity contribution in [3.05, 3.63) is 107 Å². The minimum atomic E-state index is -0.937. The van der Waals surface area contributed by atoms with Crippen molar-refractivity contribution in [2.75, 3.05) is 6.54 Å². The Morgan fingerprint density at radius 3 is 1.96 bits per heavy atom. The second-order valence-electron chi connectivity index (χ2n) is 12.9. The summed E-state index contributed by atoms with van der Waals surface area (Å²) in [5, 5.41) is 5.95. The molecule has 0 aliphatic carbocycles. The van der Waals surface area contributed by atoms with E-state index in [1.54, 1.807) is 25.7 Å². The van der Waals surface area contributed by atoms with E-state index < -0.39 is 23.8 Å². The maximum Gasteiger partial charge on any atom is 0.408 e. The predicted octanol–water partition coefficient (Wildman–Crippen LogP) is 7.60. The Morgan fingerprint density at radius 2 is 1.38 bits per heavy atom. The fourth-order valence-corrected chi connectivity index (χ4v) is 5.47. The SMILES string of the molecule is CCCCCCCN(C(=O)C(Cc1ccccc1)NC(=O)OC(C)(C)C)C(C(=O)NCc1ccccc1)c1cc(C)cc(C)c1. The van der Waals surface area contributed by atoms with E-state index in [0.29, 0.717) is 13.1 Å². The first-order valence-electron chi connectivity index (χ1n) is 16.2. The first-order chi connectivity index (χ1) is 21.5. The molecule has 0 saturated heterocycles. The largest absolute Gasteiger partial charge is 0.444 e. The van der Waals surface area contributed by atoms with Crippen LogP contribution in [0.25, 0.3) is 0 Å². The molecule has 7 nitrogen and oxygen atoms in total. The Morgan fingerprint density at radius 1 is 0.800 bits per heavy atom. The summed E-state index contributed by atoms with van der Waals surface area (Å²) in [6.45, 7) is 12.2. The minimum absolute atomic E-state index is 0.260. The van der Waals surface area contributed by atoms with Crippen molar-refractivity contribution in [2.24, 2.45) is 0 Å². The number of benzene rings is 3. The molecule has 3 amide bonds. The highest BCUT2D eigenvalue weighted by atomic mass is 16.6. The zero-order valence-electron chi connectivity index (χ0n) is 27.9. The third kappa shape index (κ3) is 12.1. The minimum Gasteiger partial charge on any atom is -0.444 e. The van der Waals surface area contributed by atoms with Crippen LogP contribution in [0.1, 0.15) is 93.7 Å². The first-order valence-corrected chi connectivity index (χ1v) is 16.2. The van der Waals surface area contributed by atoms with Crippen LogP contribution in [0.3, 0.4) is 0 Å². The highest BCUT2D eigenvalue weighted by Crippen LogP contribution is 2.27. The van der Waals surface area contributed by atoms with Crippen LogP contribution in [0.4, 0.5) is 4.79 Å². The maximum absolute atomic E-state index is 14.7. The molecule has 2 unspecified atom stereocenters. The van der Waals surface area contributed by atoms with Crippen LogP contribution < -0.4 is 10.6 Å². The number of ether oxygens (including phenoxy) is 1. The topological polar surface area (TPSA) is 87.7 Å². The summed E-state index contributed by atoms with van der Waals surface area (Å²) >= 11 is 0. The molecule has 0 spiro atoms.